The summed E-state index contributed by atoms with van der Waals surface area (Å²) >= 11 is 1.40. The summed E-state index contributed by atoms with van der Waals surface area (Å²) in [5.74, 6) is -0.942. The SMILES string of the molecule is O=C(Nc1nc2c(s1)-c1cccc3cccc-2c13)c1cccc(NS(=O)(=O)c2ccc(F)cc2)c1. The van der Waals surface area contributed by atoms with E-state index in [0.29, 0.717) is 5.13 Å². The van der Waals surface area contributed by atoms with Gasteiger partial charge in [0.15, 0.2) is 5.13 Å². The molecule has 0 radical (unpaired) electrons. The van der Waals surface area contributed by atoms with Crippen LogP contribution in [0.15, 0.2) is 89.8 Å². The minimum Gasteiger partial charge on any atom is -0.298 e. The lowest BCUT2D eigenvalue weighted by Crippen LogP contribution is -2.15. The normalized spacial score (nSPS) is 11.9. The molecule has 6 rings (SSSR count). The van der Waals surface area contributed by atoms with Crippen molar-refractivity contribution in [3.8, 4) is 21.7 Å². The summed E-state index contributed by atoms with van der Waals surface area (Å²) in [5, 5.41) is 5.61. The molecule has 1 heterocycles. The predicted octanol–water partition coefficient (Wildman–Crippen LogP) is 6.14. The van der Waals surface area contributed by atoms with Crippen LogP contribution < -0.4 is 10.0 Å². The number of thiazole rings is 1. The average Bonchev–Trinajstić information content (AvgIpc) is 3.38. The summed E-state index contributed by atoms with van der Waals surface area (Å²) in [6.07, 6.45) is 0. The summed E-state index contributed by atoms with van der Waals surface area (Å²) in [6.45, 7) is 0. The van der Waals surface area contributed by atoms with Gasteiger partial charge in [0.05, 0.1) is 15.5 Å². The number of fused-ring (bicyclic) bond motifs is 3. The highest BCUT2D eigenvalue weighted by Gasteiger charge is 2.26. The van der Waals surface area contributed by atoms with Crippen molar-refractivity contribution >= 4 is 48.9 Å². The molecule has 4 aromatic carbocycles. The van der Waals surface area contributed by atoms with Gasteiger partial charge in [-0.3, -0.25) is 14.8 Å². The van der Waals surface area contributed by atoms with E-state index in [1.807, 2.05) is 18.2 Å². The Morgan fingerprint density at radius 1 is 0.886 bits per heavy atom. The summed E-state index contributed by atoms with van der Waals surface area (Å²) in [7, 11) is -3.94. The lowest BCUT2D eigenvalue weighted by Gasteiger charge is -2.09. The first-order valence-electron chi connectivity index (χ1n) is 10.6. The first-order chi connectivity index (χ1) is 16.9. The molecule has 35 heavy (non-hydrogen) atoms. The third-order valence-electron chi connectivity index (χ3n) is 5.75. The van der Waals surface area contributed by atoms with Crippen LogP contribution in [0.2, 0.25) is 0 Å². The quantitative estimate of drug-likeness (QED) is 0.297. The fraction of sp³-hybridized carbons (Fsp3) is 0. The van der Waals surface area contributed by atoms with Gasteiger partial charge in [0.2, 0.25) is 0 Å². The molecule has 0 atom stereocenters. The Balaban J connectivity index is 1.24. The largest absolute Gasteiger partial charge is 0.298 e. The lowest BCUT2D eigenvalue weighted by molar-refractivity contribution is 0.102. The number of aromatic nitrogens is 1. The van der Waals surface area contributed by atoms with Crippen molar-refractivity contribution in [2.45, 2.75) is 4.90 Å². The van der Waals surface area contributed by atoms with E-state index in [1.165, 1.54) is 41.0 Å². The van der Waals surface area contributed by atoms with Gasteiger partial charge in [0.1, 0.15) is 5.82 Å². The molecule has 0 bridgehead atoms. The van der Waals surface area contributed by atoms with Crippen LogP contribution in [-0.4, -0.2) is 19.3 Å². The zero-order valence-electron chi connectivity index (χ0n) is 17.9. The van der Waals surface area contributed by atoms with E-state index in [0.717, 1.165) is 39.2 Å². The van der Waals surface area contributed by atoms with Crippen molar-refractivity contribution in [1.82, 2.24) is 4.98 Å². The third kappa shape index (κ3) is 3.74. The van der Waals surface area contributed by atoms with Gasteiger partial charge in [-0.05, 0) is 53.2 Å². The fourth-order valence-electron chi connectivity index (χ4n) is 4.19. The number of rotatable bonds is 5. The average molecular weight is 502 g/mol. The van der Waals surface area contributed by atoms with Gasteiger partial charge in [0, 0.05) is 22.4 Å². The van der Waals surface area contributed by atoms with Gasteiger partial charge in [-0.15, -0.1) is 0 Å². The van der Waals surface area contributed by atoms with Gasteiger partial charge in [-0.2, -0.15) is 0 Å². The van der Waals surface area contributed by atoms with Crippen molar-refractivity contribution in [3.05, 3.63) is 96.3 Å². The standard InChI is InChI=1S/C26H16FN3O3S2/c27-17-10-12-19(13-11-17)35(32,33)30-18-7-1-6-16(14-18)25(31)29-26-28-23-20-8-2-4-15-5-3-9-21(22(15)20)24(23)34-26/h1-14,30H,(H,28,29,31). The summed E-state index contributed by atoms with van der Waals surface area (Å²) in [5.41, 5.74) is 3.47. The number of anilines is 2. The molecule has 1 aromatic heterocycles. The number of halogens is 1. The second kappa shape index (κ2) is 8.00. The third-order valence-corrected chi connectivity index (χ3v) is 8.15. The maximum absolute atomic E-state index is 13.1. The first kappa shape index (κ1) is 21.5. The Hall–Kier alpha value is -4.08. The van der Waals surface area contributed by atoms with E-state index in [9.17, 15) is 17.6 Å². The van der Waals surface area contributed by atoms with Crippen molar-refractivity contribution in [3.63, 3.8) is 0 Å². The molecule has 2 N–H and O–H groups in total. The minimum atomic E-state index is -3.94. The van der Waals surface area contributed by atoms with Crippen LogP contribution in [0.1, 0.15) is 10.4 Å². The minimum absolute atomic E-state index is 0.0821. The van der Waals surface area contributed by atoms with Crippen LogP contribution in [0.5, 0.6) is 0 Å². The van der Waals surface area contributed by atoms with Crippen molar-refractivity contribution in [2.75, 3.05) is 10.0 Å². The molecular formula is C26H16FN3O3S2. The smallest absolute Gasteiger partial charge is 0.261 e. The highest BCUT2D eigenvalue weighted by molar-refractivity contribution is 7.92. The van der Waals surface area contributed by atoms with Crippen LogP contribution in [0.25, 0.3) is 32.5 Å². The molecule has 6 nitrogen and oxygen atoms in total. The Kier molecular flexibility index (Phi) is 4.91. The van der Waals surface area contributed by atoms with Gasteiger partial charge in [0.25, 0.3) is 15.9 Å². The molecule has 172 valence electrons. The maximum atomic E-state index is 13.1. The Bertz CT molecular complexity index is 1690. The number of amides is 1. The summed E-state index contributed by atoms with van der Waals surface area (Å²) in [6, 6.07) is 22.9. The summed E-state index contributed by atoms with van der Waals surface area (Å²) in [4.78, 5) is 18.5. The zero-order chi connectivity index (χ0) is 24.2. The second-order valence-corrected chi connectivity index (χ2v) is 10.7. The summed E-state index contributed by atoms with van der Waals surface area (Å²) < 4.78 is 40.8. The molecule has 9 heteroatoms. The number of hydrogen-bond acceptors (Lipinski definition) is 5. The van der Waals surface area contributed by atoms with Crippen LogP contribution in [0, 0.1) is 5.82 Å². The van der Waals surface area contributed by atoms with E-state index in [2.05, 4.69) is 33.2 Å². The van der Waals surface area contributed by atoms with Crippen molar-refractivity contribution < 1.29 is 17.6 Å². The number of nitrogens with zero attached hydrogens (tertiary/aromatic N) is 1. The van der Waals surface area contributed by atoms with Crippen LogP contribution in [0.4, 0.5) is 15.2 Å². The van der Waals surface area contributed by atoms with Gasteiger partial charge < -0.3 is 0 Å². The topological polar surface area (TPSA) is 88.2 Å². The molecular weight excluding hydrogens is 485 g/mol. The van der Waals surface area contributed by atoms with Crippen LogP contribution in [0.3, 0.4) is 0 Å². The molecule has 1 aliphatic rings. The molecule has 0 spiro atoms. The maximum Gasteiger partial charge on any atom is 0.261 e. The Labute approximate surface area is 204 Å². The molecule has 5 aromatic rings. The fourth-order valence-corrected chi connectivity index (χ4v) is 6.24. The number of benzene rings is 4. The molecule has 1 amide bonds. The number of sulfonamides is 1. The van der Waals surface area contributed by atoms with E-state index in [-0.39, 0.29) is 16.1 Å². The predicted molar refractivity (Wildman–Crippen MR) is 136 cm³/mol. The molecule has 0 aliphatic heterocycles. The molecule has 0 saturated heterocycles. The van der Waals surface area contributed by atoms with Crippen molar-refractivity contribution in [1.29, 1.82) is 0 Å². The number of hydrogen-bond donors (Lipinski definition) is 2. The highest BCUT2D eigenvalue weighted by atomic mass is 32.2. The lowest BCUT2D eigenvalue weighted by atomic mass is 10.0. The van der Waals surface area contributed by atoms with Gasteiger partial charge in [-0.25, -0.2) is 17.8 Å². The van der Waals surface area contributed by atoms with Crippen molar-refractivity contribution in [2.24, 2.45) is 0 Å². The van der Waals surface area contributed by atoms with E-state index >= 15 is 0 Å². The van der Waals surface area contributed by atoms with E-state index in [1.54, 1.807) is 12.1 Å². The molecule has 0 fully saturated rings. The second-order valence-electron chi connectivity index (χ2n) is 8.00. The number of carbonyl (C=O) groups excluding carboxylic acids is 1. The van der Waals surface area contributed by atoms with E-state index in [4.69, 9.17) is 0 Å². The monoisotopic (exact) mass is 501 g/mol. The Morgan fingerprint density at radius 2 is 1.60 bits per heavy atom. The molecule has 1 aliphatic carbocycles. The van der Waals surface area contributed by atoms with Gasteiger partial charge >= 0.3 is 0 Å². The van der Waals surface area contributed by atoms with Crippen LogP contribution >= 0.6 is 11.3 Å². The van der Waals surface area contributed by atoms with Gasteiger partial charge in [-0.1, -0.05) is 53.8 Å². The van der Waals surface area contributed by atoms with E-state index < -0.39 is 21.7 Å². The molecule has 0 unspecified atom stereocenters. The van der Waals surface area contributed by atoms with Crippen LogP contribution in [-0.2, 0) is 10.0 Å². The first-order valence-corrected chi connectivity index (χ1v) is 12.9. The highest BCUT2D eigenvalue weighted by Crippen LogP contribution is 2.50. The zero-order valence-corrected chi connectivity index (χ0v) is 19.6. The number of nitrogens with one attached hydrogen (secondary N) is 2. The molecule has 0 saturated carbocycles. The Morgan fingerprint density at radius 3 is 2.37 bits per heavy atom. The number of carbonyl (C=O) groups is 1.